The molecule has 2 aromatic rings. The molecule has 2 aromatic carbocycles. The van der Waals surface area contributed by atoms with Crippen LogP contribution in [0.5, 0.6) is 0 Å². The van der Waals surface area contributed by atoms with Crippen LogP contribution in [-0.2, 0) is 26.3 Å². The van der Waals surface area contributed by atoms with Gasteiger partial charge in [0, 0.05) is 5.69 Å². The maximum Gasteiger partial charge on any atom is 0.239 e. The number of sulfone groups is 1. The molecule has 0 unspecified atom stereocenters. The van der Waals surface area contributed by atoms with Gasteiger partial charge in [-0.1, -0.05) is 25.1 Å². The number of hydrogen-bond acceptors (Lipinski definition) is 5. The number of primary sulfonamides is 1. The molecule has 0 heterocycles. The number of nitrogen functional groups attached to an aromatic ring is 1. The molecule has 0 aromatic heterocycles. The largest absolute Gasteiger partial charge is 0.399 e. The van der Waals surface area contributed by atoms with Gasteiger partial charge in [-0.25, -0.2) is 22.0 Å². The molecule has 8 heteroatoms. The number of rotatable bonds is 4. The van der Waals surface area contributed by atoms with Crippen LogP contribution >= 0.6 is 0 Å². The zero-order valence-electron chi connectivity index (χ0n) is 11.9. The van der Waals surface area contributed by atoms with Crippen LogP contribution in [0.15, 0.2) is 57.2 Å². The Kier molecular flexibility index (Phi) is 4.28. The summed E-state index contributed by atoms with van der Waals surface area (Å²) in [6.07, 6.45) is 0.465. The standard InChI is InChI=1S/C14H16N2O4S2/c1-2-10-7-8-11(15)9-14(10)21(17,18)12-5-3-4-6-13(12)22(16,19)20/h3-9H,2,15H2,1H3,(H2,16,19,20). The number of sulfonamides is 1. The van der Waals surface area contributed by atoms with E-state index in [4.69, 9.17) is 10.9 Å². The average Bonchev–Trinajstić information content (AvgIpc) is 2.46. The van der Waals surface area contributed by atoms with Gasteiger partial charge in [-0.3, -0.25) is 0 Å². The third-order valence-electron chi connectivity index (χ3n) is 3.21. The molecule has 0 atom stereocenters. The molecule has 22 heavy (non-hydrogen) atoms. The Morgan fingerprint density at radius 3 is 2.05 bits per heavy atom. The van der Waals surface area contributed by atoms with Gasteiger partial charge in [0.2, 0.25) is 19.9 Å². The first-order valence-electron chi connectivity index (χ1n) is 6.43. The quantitative estimate of drug-likeness (QED) is 0.813. The molecule has 0 aliphatic carbocycles. The van der Waals surface area contributed by atoms with Gasteiger partial charge in [-0.05, 0) is 36.2 Å². The van der Waals surface area contributed by atoms with E-state index in [0.29, 0.717) is 12.0 Å². The van der Waals surface area contributed by atoms with Gasteiger partial charge in [-0.2, -0.15) is 0 Å². The van der Waals surface area contributed by atoms with Crippen LogP contribution in [-0.4, -0.2) is 16.8 Å². The number of hydrogen-bond donors (Lipinski definition) is 2. The molecule has 0 spiro atoms. The van der Waals surface area contributed by atoms with E-state index in [9.17, 15) is 16.8 Å². The second-order valence-electron chi connectivity index (χ2n) is 4.72. The predicted octanol–water partition coefficient (Wildman–Crippen LogP) is 1.31. The first-order valence-corrected chi connectivity index (χ1v) is 9.46. The fourth-order valence-electron chi connectivity index (χ4n) is 2.14. The Morgan fingerprint density at radius 1 is 0.909 bits per heavy atom. The van der Waals surface area contributed by atoms with Crippen molar-refractivity contribution in [3.63, 3.8) is 0 Å². The third kappa shape index (κ3) is 2.99. The number of nitrogens with two attached hydrogens (primary N) is 2. The highest BCUT2D eigenvalue weighted by Gasteiger charge is 2.27. The van der Waals surface area contributed by atoms with Gasteiger partial charge < -0.3 is 5.73 Å². The van der Waals surface area contributed by atoms with Crippen LogP contribution in [0.25, 0.3) is 0 Å². The highest BCUT2D eigenvalue weighted by Crippen LogP contribution is 2.30. The lowest BCUT2D eigenvalue weighted by atomic mass is 10.1. The zero-order valence-corrected chi connectivity index (χ0v) is 13.5. The van der Waals surface area contributed by atoms with Crippen molar-refractivity contribution in [2.45, 2.75) is 28.0 Å². The summed E-state index contributed by atoms with van der Waals surface area (Å²) in [7, 11) is -8.22. The summed E-state index contributed by atoms with van der Waals surface area (Å²) in [6, 6.07) is 9.79. The van der Waals surface area contributed by atoms with Crippen LogP contribution in [0.1, 0.15) is 12.5 Å². The van der Waals surface area contributed by atoms with E-state index >= 15 is 0 Å². The van der Waals surface area contributed by atoms with Crippen LogP contribution < -0.4 is 10.9 Å². The minimum absolute atomic E-state index is 0.00824. The molecular formula is C14H16N2O4S2. The van der Waals surface area contributed by atoms with Crippen LogP contribution in [0.2, 0.25) is 0 Å². The fraction of sp³-hybridized carbons (Fsp3) is 0.143. The maximum atomic E-state index is 12.9. The number of aryl methyl sites for hydroxylation is 1. The molecule has 4 N–H and O–H groups in total. The van der Waals surface area contributed by atoms with Crippen LogP contribution in [0.4, 0.5) is 5.69 Å². The molecule has 2 rings (SSSR count). The van der Waals surface area contributed by atoms with Gasteiger partial charge in [0.25, 0.3) is 0 Å². The highest BCUT2D eigenvalue weighted by molar-refractivity contribution is 7.93. The van der Waals surface area contributed by atoms with Gasteiger partial charge in [0.05, 0.1) is 9.79 Å². The molecule has 0 radical (unpaired) electrons. The molecular weight excluding hydrogens is 324 g/mol. The molecule has 0 amide bonds. The zero-order chi connectivity index (χ0) is 16.5. The second-order valence-corrected chi connectivity index (χ2v) is 8.13. The van der Waals surface area contributed by atoms with Crippen LogP contribution in [0.3, 0.4) is 0 Å². The normalized spacial score (nSPS) is 12.3. The van der Waals surface area contributed by atoms with Crippen molar-refractivity contribution >= 4 is 25.5 Å². The fourth-order valence-corrected chi connectivity index (χ4v) is 5.11. The van der Waals surface area contributed by atoms with E-state index in [2.05, 4.69) is 0 Å². The third-order valence-corrected chi connectivity index (χ3v) is 6.20. The Morgan fingerprint density at radius 2 is 1.50 bits per heavy atom. The van der Waals surface area contributed by atoms with E-state index in [1.807, 2.05) is 0 Å². The smallest absolute Gasteiger partial charge is 0.239 e. The summed E-state index contributed by atoms with van der Waals surface area (Å²) in [4.78, 5) is -0.789. The van der Waals surface area contributed by atoms with Crippen molar-refractivity contribution in [1.29, 1.82) is 0 Å². The molecule has 0 saturated carbocycles. The molecule has 0 fully saturated rings. The summed E-state index contributed by atoms with van der Waals surface area (Å²) >= 11 is 0. The van der Waals surface area contributed by atoms with Gasteiger partial charge >= 0.3 is 0 Å². The molecule has 0 bridgehead atoms. The molecule has 118 valence electrons. The Bertz CT molecular complexity index is 920. The minimum Gasteiger partial charge on any atom is -0.399 e. The second kappa shape index (κ2) is 5.71. The SMILES string of the molecule is CCc1ccc(N)cc1S(=O)(=O)c1ccccc1S(N)(=O)=O. The van der Waals surface area contributed by atoms with Gasteiger partial charge in [-0.15, -0.1) is 0 Å². The molecule has 0 saturated heterocycles. The Balaban J connectivity index is 2.81. The van der Waals surface area contributed by atoms with Gasteiger partial charge in [0.1, 0.15) is 4.90 Å². The first kappa shape index (κ1) is 16.5. The molecule has 0 aliphatic rings. The van der Waals surface area contributed by atoms with E-state index in [1.165, 1.54) is 30.3 Å². The average molecular weight is 340 g/mol. The summed E-state index contributed by atoms with van der Waals surface area (Å²) < 4.78 is 49.0. The van der Waals surface area contributed by atoms with Crippen molar-refractivity contribution in [3.05, 3.63) is 48.0 Å². The number of benzene rings is 2. The Hall–Kier alpha value is -1.90. The summed E-state index contributed by atoms with van der Waals surface area (Å²) in [5.41, 5.74) is 6.51. The molecule has 0 aliphatic heterocycles. The summed E-state index contributed by atoms with van der Waals surface area (Å²) in [5.74, 6) is 0. The Labute approximate surface area is 129 Å². The summed E-state index contributed by atoms with van der Waals surface area (Å²) in [5, 5.41) is 5.12. The monoisotopic (exact) mass is 340 g/mol. The van der Waals surface area contributed by atoms with Crippen molar-refractivity contribution < 1.29 is 16.8 Å². The summed E-state index contributed by atoms with van der Waals surface area (Å²) in [6.45, 7) is 1.80. The lowest BCUT2D eigenvalue weighted by Gasteiger charge is -2.12. The topological polar surface area (TPSA) is 120 Å². The number of anilines is 1. The van der Waals surface area contributed by atoms with E-state index < -0.39 is 24.8 Å². The van der Waals surface area contributed by atoms with E-state index in [1.54, 1.807) is 19.1 Å². The highest BCUT2D eigenvalue weighted by atomic mass is 32.2. The first-order chi connectivity index (χ1) is 10.2. The predicted molar refractivity (Wildman–Crippen MR) is 83.5 cm³/mol. The van der Waals surface area contributed by atoms with Crippen molar-refractivity contribution in [1.82, 2.24) is 0 Å². The maximum absolute atomic E-state index is 12.9. The van der Waals surface area contributed by atoms with Crippen molar-refractivity contribution in [3.8, 4) is 0 Å². The van der Waals surface area contributed by atoms with Gasteiger partial charge in [0.15, 0.2) is 0 Å². The van der Waals surface area contributed by atoms with Crippen molar-refractivity contribution in [2.75, 3.05) is 5.73 Å². The van der Waals surface area contributed by atoms with E-state index in [-0.39, 0.29) is 15.5 Å². The lowest BCUT2D eigenvalue weighted by Crippen LogP contribution is -2.17. The lowest BCUT2D eigenvalue weighted by molar-refractivity contribution is 0.583. The molecule has 6 nitrogen and oxygen atoms in total. The van der Waals surface area contributed by atoms with E-state index in [0.717, 1.165) is 0 Å². The van der Waals surface area contributed by atoms with Crippen LogP contribution in [0, 0.1) is 0 Å². The van der Waals surface area contributed by atoms with Crippen molar-refractivity contribution in [2.24, 2.45) is 5.14 Å². The minimum atomic E-state index is -4.16.